The largest absolute Gasteiger partial charge is 0.253 e. The maximum Gasteiger partial charge on any atom is 0.0897 e. The van der Waals surface area contributed by atoms with E-state index in [4.69, 9.17) is 0 Å². The van der Waals surface area contributed by atoms with Gasteiger partial charge >= 0.3 is 0 Å². The van der Waals surface area contributed by atoms with Gasteiger partial charge in [0.1, 0.15) is 0 Å². The molecule has 0 rings (SSSR count). The third-order valence-corrected chi connectivity index (χ3v) is 0.916. The number of hydrogen-bond donors (Lipinski definition) is 0. The van der Waals surface area contributed by atoms with Gasteiger partial charge in [-0.15, -0.1) is 0 Å². The van der Waals surface area contributed by atoms with E-state index in [9.17, 15) is 0 Å². The van der Waals surface area contributed by atoms with Crippen LogP contribution in [0.2, 0.25) is 0 Å². The molecule has 0 aromatic rings. The minimum absolute atomic E-state index is 1.13. The molecule has 0 radical (unpaired) electrons. The first-order valence-electron chi connectivity index (χ1n) is 2.41. The molecule has 0 N–H and O–H groups in total. The molecule has 0 saturated heterocycles. The summed E-state index contributed by atoms with van der Waals surface area (Å²) in [4.78, 5) is 3.74. The van der Waals surface area contributed by atoms with E-state index in [0.29, 0.717) is 0 Å². The second-order valence-electron chi connectivity index (χ2n) is 1.42. The first-order valence-corrected chi connectivity index (χ1v) is 2.88. The van der Waals surface area contributed by atoms with Crippen LogP contribution in [0.15, 0.2) is 16.6 Å². The highest BCUT2D eigenvalue weighted by molar-refractivity contribution is 7.78. The molecule has 0 aliphatic heterocycles. The number of rotatable bonds is 2. The fourth-order valence-corrected chi connectivity index (χ4v) is 0.283. The highest BCUT2D eigenvalue weighted by atomic mass is 32.1. The third-order valence-electron chi connectivity index (χ3n) is 0.794. The molecule has 0 atom stereocenters. The van der Waals surface area contributed by atoms with Crippen LogP contribution in [0.1, 0.15) is 13.8 Å². The molecule has 2 heteroatoms. The van der Waals surface area contributed by atoms with Crippen LogP contribution >= 0.6 is 12.2 Å². The van der Waals surface area contributed by atoms with Crippen molar-refractivity contribution in [2.45, 2.75) is 13.8 Å². The lowest BCUT2D eigenvalue weighted by molar-refractivity contribution is 1.55. The fraction of sp³-hybridized carbons (Fsp3) is 0.333. The van der Waals surface area contributed by atoms with Crippen LogP contribution in [0.4, 0.5) is 0 Å². The van der Waals surface area contributed by atoms with Gasteiger partial charge in [0.25, 0.3) is 0 Å². The molecule has 0 aromatic heterocycles. The SMILES string of the molecule is C/C=C(/C)C=NC=S. The second-order valence-corrected chi connectivity index (χ2v) is 1.63. The first-order chi connectivity index (χ1) is 3.81. The van der Waals surface area contributed by atoms with E-state index in [1.165, 1.54) is 5.49 Å². The van der Waals surface area contributed by atoms with Gasteiger partial charge in [-0.1, -0.05) is 18.3 Å². The summed E-state index contributed by atoms with van der Waals surface area (Å²) < 4.78 is 0. The van der Waals surface area contributed by atoms with Crippen molar-refractivity contribution in [1.29, 1.82) is 0 Å². The minimum atomic E-state index is 1.13. The summed E-state index contributed by atoms with van der Waals surface area (Å²) in [5.41, 5.74) is 2.48. The van der Waals surface area contributed by atoms with Crippen molar-refractivity contribution in [2.24, 2.45) is 4.99 Å². The molecule has 0 aromatic carbocycles. The summed E-state index contributed by atoms with van der Waals surface area (Å²) in [6, 6.07) is 0. The number of aliphatic imine (C=N–C) groups is 1. The van der Waals surface area contributed by atoms with Crippen LogP contribution in [0.25, 0.3) is 0 Å². The lowest BCUT2D eigenvalue weighted by atomic mass is 10.3. The second kappa shape index (κ2) is 4.65. The molecule has 0 unspecified atom stereocenters. The van der Waals surface area contributed by atoms with E-state index in [0.717, 1.165) is 5.57 Å². The van der Waals surface area contributed by atoms with E-state index in [1.807, 2.05) is 19.9 Å². The Morgan fingerprint density at radius 1 is 1.62 bits per heavy atom. The zero-order chi connectivity index (χ0) is 6.41. The predicted octanol–water partition coefficient (Wildman–Crippen LogP) is 1.98. The number of hydrogen-bond acceptors (Lipinski definition) is 1. The van der Waals surface area contributed by atoms with Gasteiger partial charge in [-0.25, -0.2) is 0 Å². The van der Waals surface area contributed by atoms with Crippen LogP contribution in [-0.4, -0.2) is 11.7 Å². The molecule has 0 saturated carbocycles. The van der Waals surface area contributed by atoms with Gasteiger partial charge in [0.15, 0.2) is 0 Å². The Hall–Kier alpha value is -0.500. The molecule has 0 fully saturated rings. The Morgan fingerprint density at radius 2 is 2.25 bits per heavy atom. The van der Waals surface area contributed by atoms with Crippen LogP contribution < -0.4 is 0 Å². The zero-order valence-corrected chi connectivity index (χ0v) is 5.90. The Bertz CT molecular complexity index is 124. The monoisotopic (exact) mass is 127 g/mol. The summed E-state index contributed by atoms with van der Waals surface area (Å²) >= 11 is 4.47. The van der Waals surface area contributed by atoms with E-state index < -0.39 is 0 Å². The van der Waals surface area contributed by atoms with Crippen molar-refractivity contribution in [2.75, 3.05) is 0 Å². The molecule has 0 amide bonds. The smallest absolute Gasteiger partial charge is 0.0897 e. The quantitative estimate of drug-likeness (QED) is 0.408. The first kappa shape index (κ1) is 7.50. The van der Waals surface area contributed by atoms with E-state index in [1.54, 1.807) is 6.21 Å². The fourth-order valence-electron chi connectivity index (χ4n) is 0.223. The average Bonchev–Trinajstić information content (AvgIpc) is 1.83. The molecule has 8 heavy (non-hydrogen) atoms. The number of thiocarbonyl (C=S) groups is 1. The van der Waals surface area contributed by atoms with Crippen molar-refractivity contribution >= 4 is 23.9 Å². The van der Waals surface area contributed by atoms with Crippen LogP contribution in [-0.2, 0) is 0 Å². The Balaban J connectivity index is 3.69. The van der Waals surface area contributed by atoms with E-state index in [2.05, 4.69) is 17.2 Å². The van der Waals surface area contributed by atoms with Crippen LogP contribution in [0.5, 0.6) is 0 Å². The Kier molecular flexibility index (Phi) is 4.36. The standard InChI is InChI=1S/C6H9NS/c1-3-6(2)4-7-5-8/h3-5H,1-2H3/b6-3-,7-4?. The van der Waals surface area contributed by atoms with Crippen molar-refractivity contribution < 1.29 is 0 Å². The summed E-state index contributed by atoms with van der Waals surface area (Å²) in [7, 11) is 0. The number of allylic oxidation sites excluding steroid dienone is 2. The van der Waals surface area contributed by atoms with Crippen molar-refractivity contribution in [3.05, 3.63) is 11.6 Å². The average molecular weight is 127 g/mol. The summed E-state index contributed by atoms with van der Waals surface area (Å²) in [5.74, 6) is 0. The van der Waals surface area contributed by atoms with Gasteiger partial charge in [0, 0.05) is 6.21 Å². The van der Waals surface area contributed by atoms with Gasteiger partial charge in [0.05, 0.1) is 5.49 Å². The molecule has 44 valence electrons. The molecule has 0 spiro atoms. The Labute approximate surface area is 55.1 Å². The van der Waals surface area contributed by atoms with Gasteiger partial charge in [-0.3, -0.25) is 4.99 Å². The Morgan fingerprint density at radius 3 is 2.62 bits per heavy atom. The molecular formula is C6H9NS. The highest BCUT2D eigenvalue weighted by Crippen LogP contribution is 1.83. The topological polar surface area (TPSA) is 12.4 Å². The maximum atomic E-state index is 4.47. The van der Waals surface area contributed by atoms with Gasteiger partial charge in [0.2, 0.25) is 0 Å². The zero-order valence-electron chi connectivity index (χ0n) is 5.09. The van der Waals surface area contributed by atoms with E-state index >= 15 is 0 Å². The molecule has 0 bridgehead atoms. The maximum absolute atomic E-state index is 4.47. The van der Waals surface area contributed by atoms with E-state index in [-0.39, 0.29) is 0 Å². The van der Waals surface area contributed by atoms with Gasteiger partial charge in [-0.05, 0) is 19.4 Å². The van der Waals surface area contributed by atoms with Crippen molar-refractivity contribution in [1.82, 2.24) is 0 Å². The van der Waals surface area contributed by atoms with Crippen LogP contribution in [0.3, 0.4) is 0 Å². The summed E-state index contributed by atoms with van der Waals surface area (Å²) in [5, 5.41) is 0. The molecule has 0 aliphatic carbocycles. The summed E-state index contributed by atoms with van der Waals surface area (Å²) in [6.45, 7) is 3.94. The molecule has 0 heterocycles. The lowest BCUT2D eigenvalue weighted by Crippen LogP contribution is -1.73. The van der Waals surface area contributed by atoms with Crippen molar-refractivity contribution in [3.63, 3.8) is 0 Å². The molecular weight excluding hydrogens is 118 g/mol. The normalized spacial score (nSPS) is 12.5. The van der Waals surface area contributed by atoms with Gasteiger partial charge < -0.3 is 0 Å². The molecule has 1 nitrogen and oxygen atoms in total. The molecule has 0 aliphatic rings. The lowest BCUT2D eigenvalue weighted by Gasteiger charge is -1.80. The third kappa shape index (κ3) is 3.68. The highest BCUT2D eigenvalue weighted by Gasteiger charge is 1.72. The minimum Gasteiger partial charge on any atom is -0.253 e. The van der Waals surface area contributed by atoms with Gasteiger partial charge in [-0.2, -0.15) is 0 Å². The number of nitrogens with zero attached hydrogens (tertiary/aromatic N) is 1. The predicted molar refractivity (Wildman–Crippen MR) is 41.6 cm³/mol. The van der Waals surface area contributed by atoms with Crippen LogP contribution in [0, 0.1) is 0 Å². The van der Waals surface area contributed by atoms with Crippen molar-refractivity contribution in [3.8, 4) is 0 Å². The summed E-state index contributed by atoms with van der Waals surface area (Å²) in [6.07, 6.45) is 3.70.